The van der Waals surface area contributed by atoms with Crippen LogP contribution in [-0.4, -0.2) is 29.4 Å². The van der Waals surface area contributed by atoms with Gasteiger partial charge in [0.25, 0.3) is 0 Å². The van der Waals surface area contributed by atoms with Gasteiger partial charge in [-0.25, -0.2) is 4.79 Å². The number of hydrogen-bond acceptors (Lipinski definition) is 2. The van der Waals surface area contributed by atoms with Gasteiger partial charge in [-0.05, 0) is 17.5 Å². The molecule has 0 radical (unpaired) electrons. The number of nitrogens with zero attached hydrogens (tertiary/aromatic N) is 1. The van der Waals surface area contributed by atoms with Gasteiger partial charge in [0.2, 0.25) is 6.41 Å². The second kappa shape index (κ2) is 5.30. The Bertz CT molecular complexity index is 372. The smallest absolute Gasteiger partial charge is 0.331 e. The number of likely N-dealkylation sites (N-methyl/N-ethyl adjacent to an activating group) is 1. The quantitative estimate of drug-likeness (QED) is 0.766. The maximum Gasteiger partial charge on any atom is 0.331 e. The van der Waals surface area contributed by atoms with Crippen LogP contribution in [0.5, 0.6) is 0 Å². The molecule has 4 heteroatoms. The van der Waals surface area contributed by atoms with Gasteiger partial charge in [0.15, 0.2) is 6.04 Å². The molecular weight excluding hydrogens is 206 g/mol. The Labute approximate surface area is 94.5 Å². The Balaban J connectivity index is 3.01. The summed E-state index contributed by atoms with van der Waals surface area (Å²) in [7, 11) is 1.46. The van der Waals surface area contributed by atoms with E-state index in [0.29, 0.717) is 12.0 Å². The number of aryl methyl sites for hydroxylation is 1. The highest BCUT2D eigenvalue weighted by molar-refractivity contribution is 5.78. The van der Waals surface area contributed by atoms with Crippen LogP contribution in [-0.2, 0) is 16.0 Å². The zero-order valence-corrected chi connectivity index (χ0v) is 9.38. The molecule has 0 aliphatic carbocycles. The number of carboxylic acids is 1. The van der Waals surface area contributed by atoms with Crippen molar-refractivity contribution in [3.8, 4) is 0 Å². The van der Waals surface area contributed by atoms with Crippen LogP contribution < -0.4 is 0 Å². The van der Waals surface area contributed by atoms with Crippen LogP contribution in [0.15, 0.2) is 24.3 Å². The van der Waals surface area contributed by atoms with Crippen LogP contribution in [0.2, 0.25) is 0 Å². The van der Waals surface area contributed by atoms with E-state index in [0.717, 1.165) is 16.9 Å². The first-order valence-electron chi connectivity index (χ1n) is 5.09. The fourth-order valence-corrected chi connectivity index (χ4v) is 1.55. The molecule has 16 heavy (non-hydrogen) atoms. The Morgan fingerprint density at radius 2 is 2.00 bits per heavy atom. The molecule has 0 aromatic heterocycles. The van der Waals surface area contributed by atoms with Gasteiger partial charge >= 0.3 is 5.97 Å². The highest BCUT2D eigenvalue weighted by Crippen LogP contribution is 2.19. The lowest BCUT2D eigenvalue weighted by Crippen LogP contribution is -2.29. The van der Waals surface area contributed by atoms with Gasteiger partial charge < -0.3 is 10.0 Å². The first kappa shape index (κ1) is 12.2. The van der Waals surface area contributed by atoms with E-state index in [1.54, 1.807) is 12.1 Å². The highest BCUT2D eigenvalue weighted by atomic mass is 16.4. The summed E-state index contributed by atoms with van der Waals surface area (Å²) < 4.78 is 0. The third-order valence-corrected chi connectivity index (χ3v) is 2.51. The number of carbonyl (C=O) groups excluding carboxylic acids is 1. The standard InChI is InChI=1S/C12H15NO3/c1-3-9-4-6-10(7-5-9)11(12(15)16)13(2)8-14/h4-8,11H,3H2,1-2H3,(H,15,16). The SMILES string of the molecule is CCc1ccc(C(C(=O)O)N(C)C=O)cc1. The van der Waals surface area contributed by atoms with E-state index in [-0.39, 0.29) is 0 Å². The summed E-state index contributed by atoms with van der Waals surface area (Å²) in [5, 5.41) is 9.05. The normalized spacial score (nSPS) is 11.9. The lowest BCUT2D eigenvalue weighted by molar-refractivity contribution is -0.145. The lowest BCUT2D eigenvalue weighted by Gasteiger charge is -2.20. The molecule has 86 valence electrons. The second-order valence-electron chi connectivity index (χ2n) is 3.61. The summed E-state index contributed by atoms with van der Waals surface area (Å²) in [6.07, 6.45) is 1.42. The summed E-state index contributed by atoms with van der Waals surface area (Å²) in [6.45, 7) is 2.03. The summed E-state index contributed by atoms with van der Waals surface area (Å²) in [4.78, 5) is 22.8. The topological polar surface area (TPSA) is 57.6 Å². The number of benzene rings is 1. The monoisotopic (exact) mass is 221 g/mol. The Morgan fingerprint density at radius 3 is 2.38 bits per heavy atom. The van der Waals surface area contributed by atoms with Gasteiger partial charge in [-0.2, -0.15) is 0 Å². The van der Waals surface area contributed by atoms with E-state index in [9.17, 15) is 9.59 Å². The zero-order chi connectivity index (χ0) is 12.1. The van der Waals surface area contributed by atoms with Gasteiger partial charge in [-0.15, -0.1) is 0 Å². The lowest BCUT2D eigenvalue weighted by atomic mass is 10.0. The molecule has 4 nitrogen and oxygen atoms in total. The van der Waals surface area contributed by atoms with Crippen molar-refractivity contribution < 1.29 is 14.7 Å². The maximum absolute atomic E-state index is 11.1. The van der Waals surface area contributed by atoms with Gasteiger partial charge in [0, 0.05) is 7.05 Å². The Hall–Kier alpha value is -1.84. The molecular formula is C12H15NO3. The minimum absolute atomic E-state index is 0.520. The fourth-order valence-electron chi connectivity index (χ4n) is 1.55. The van der Waals surface area contributed by atoms with Crippen molar-refractivity contribution in [1.29, 1.82) is 0 Å². The third-order valence-electron chi connectivity index (χ3n) is 2.51. The van der Waals surface area contributed by atoms with Crippen molar-refractivity contribution in [2.24, 2.45) is 0 Å². The summed E-state index contributed by atoms with van der Waals surface area (Å²) in [5.74, 6) is -1.03. The number of carbonyl (C=O) groups is 2. The average Bonchev–Trinajstić information content (AvgIpc) is 2.29. The third kappa shape index (κ3) is 2.59. The minimum atomic E-state index is -1.03. The van der Waals surface area contributed by atoms with E-state index in [1.165, 1.54) is 7.05 Å². The molecule has 0 spiro atoms. The van der Waals surface area contributed by atoms with Gasteiger partial charge in [-0.1, -0.05) is 31.2 Å². The summed E-state index contributed by atoms with van der Waals surface area (Å²) in [5.41, 5.74) is 1.75. The molecule has 0 saturated carbocycles. The average molecular weight is 221 g/mol. The van der Waals surface area contributed by atoms with Crippen LogP contribution in [0.4, 0.5) is 0 Å². The van der Waals surface area contributed by atoms with E-state index in [1.807, 2.05) is 19.1 Å². The van der Waals surface area contributed by atoms with Crippen molar-refractivity contribution in [3.05, 3.63) is 35.4 Å². The van der Waals surface area contributed by atoms with Crippen molar-refractivity contribution in [2.45, 2.75) is 19.4 Å². The van der Waals surface area contributed by atoms with Crippen LogP contribution >= 0.6 is 0 Å². The molecule has 0 saturated heterocycles. The molecule has 0 fully saturated rings. The number of hydrogen-bond donors (Lipinski definition) is 1. The van der Waals surface area contributed by atoms with Gasteiger partial charge in [-0.3, -0.25) is 4.79 Å². The second-order valence-corrected chi connectivity index (χ2v) is 3.61. The van der Waals surface area contributed by atoms with E-state index in [4.69, 9.17) is 5.11 Å². The molecule has 1 atom stereocenters. The Kier molecular flexibility index (Phi) is 4.05. The van der Waals surface area contributed by atoms with E-state index in [2.05, 4.69) is 0 Å². The first-order valence-corrected chi connectivity index (χ1v) is 5.09. The number of amides is 1. The van der Waals surface area contributed by atoms with Crippen molar-refractivity contribution in [3.63, 3.8) is 0 Å². The molecule has 0 aliphatic heterocycles. The number of carboxylic acid groups (broad SMARTS) is 1. The zero-order valence-electron chi connectivity index (χ0n) is 9.38. The Morgan fingerprint density at radius 1 is 1.44 bits per heavy atom. The molecule has 0 heterocycles. The minimum Gasteiger partial charge on any atom is -0.479 e. The van der Waals surface area contributed by atoms with E-state index >= 15 is 0 Å². The van der Waals surface area contributed by atoms with Crippen molar-refractivity contribution in [1.82, 2.24) is 4.90 Å². The summed E-state index contributed by atoms with van der Waals surface area (Å²) in [6, 6.07) is 6.34. The molecule has 1 amide bonds. The summed E-state index contributed by atoms with van der Waals surface area (Å²) >= 11 is 0. The maximum atomic E-state index is 11.1. The predicted molar refractivity (Wildman–Crippen MR) is 60.0 cm³/mol. The first-order chi connectivity index (χ1) is 7.60. The molecule has 0 aliphatic rings. The van der Waals surface area contributed by atoms with Crippen molar-refractivity contribution >= 4 is 12.4 Å². The molecule has 1 aromatic rings. The molecule has 0 bridgehead atoms. The largest absolute Gasteiger partial charge is 0.479 e. The van der Waals surface area contributed by atoms with Crippen LogP contribution in [0.1, 0.15) is 24.1 Å². The van der Waals surface area contributed by atoms with Crippen molar-refractivity contribution in [2.75, 3.05) is 7.05 Å². The predicted octanol–water partition coefficient (Wildman–Crippen LogP) is 1.46. The van der Waals surface area contributed by atoms with Crippen LogP contribution in [0.25, 0.3) is 0 Å². The molecule has 1 N–H and O–H groups in total. The van der Waals surface area contributed by atoms with Gasteiger partial charge in [0.1, 0.15) is 0 Å². The van der Waals surface area contributed by atoms with E-state index < -0.39 is 12.0 Å². The molecule has 1 aromatic carbocycles. The molecule has 1 unspecified atom stereocenters. The number of aliphatic carboxylic acids is 1. The number of rotatable bonds is 5. The van der Waals surface area contributed by atoms with Crippen LogP contribution in [0.3, 0.4) is 0 Å². The molecule has 1 rings (SSSR count). The fraction of sp³-hybridized carbons (Fsp3) is 0.333. The van der Waals surface area contributed by atoms with Gasteiger partial charge in [0.05, 0.1) is 0 Å². The van der Waals surface area contributed by atoms with Crippen LogP contribution in [0, 0.1) is 0 Å². The highest BCUT2D eigenvalue weighted by Gasteiger charge is 2.23.